The van der Waals surface area contributed by atoms with E-state index in [1.165, 1.54) is 5.56 Å². The molecule has 0 spiro atoms. The van der Waals surface area contributed by atoms with Crippen molar-refractivity contribution in [3.8, 4) is 5.75 Å². The summed E-state index contributed by atoms with van der Waals surface area (Å²) >= 11 is 0. The number of ether oxygens (including phenoxy) is 1. The minimum atomic E-state index is -0.802. The van der Waals surface area contributed by atoms with Crippen LogP contribution < -0.4 is 4.74 Å². The molecular formula is C17H22O3. The molecule has 0 fully saturated rings. The zero-order valence-electron chi connectivity index (χ0n) is 12.4. The number of rotatable bonds is 2. The van der Waals surface area contributed by atoms with Gasteiger partial charge in [0.05, 0.1) is 13.0 Å². The Morgan fingerprint density at radius 3 is 2.75 bits per heavy atom. The number of fused-ring (bicyclic) bond motifs is 1. The first-order chi connectivity index (χ1) is 9.29. The van der Waals surface area contributed by atoms with Gasteiger partial charge >= 0.3 is 5.97 Å². The second-order valence-corrected chi connectivity index (χ2v) is 6.41. The topological polar surface area (TPSA) is 46.5 Å². The molecule has 1 atom stereocenters. The van der Waals surface area contributed by atoms with Crippen LogP contribution in [0.5, 0.6) is 5.75 Å². The average molecular weight is 274 g/mol. The van der Waals surface area contributed by atoms with Crippen LogP contribution in [0.2, 0.25) is 0 Å². The SMILES string of the molecule is C=C1CCOc2cc(C(C)(C)C)ccc2C1CC(=O)O. The summed E-state index contributed by atoms with van der Waals surface area (Å²) in [6.07, 6.45) is 0.779. The fourth-order valence-corrected chi connectivity index (χ4v) is 2.53. The molecular weight excluding hydrogens is 252 g/mol. The average Bonchev–Trinajstić information content (AvgIpc) is 2.48. The molecule has 0 saturated heterocycles. The molecule has 1 aromatic rings. The zero-order chi connectivity index (χ0) is 14.9. The van der Waals surface area contributed by atoms with Gasteiger partial charge in [0.25, 0.3) is 0 Å². The number of carboxylic acid groups (broad SMARTS) is 1. The van der Waals surface area contributed by atoms with E-state index in [4.69, 9.17) is 9.84 Å². The summed E-state index contributed by atoms with van der Waals surface area (Å²) in [7, 11) is 0. The second-order valence-electron chi connectivity index (χ2n) is 6.41. The lowest BCUT2D eigenvalue weighted by Gasteiger charge is -2.22. The highest BCUT2D eigenvalue weighted by molar-refractivity contribution is 5.69. The van der Waals surface area contributed by atoms with E-state index in [2.05, 4.69) is 33.4 Å². The number of carboxylic acids is 1. The third-order valence-electron chi connectivity index (χ3n) is 3.81. The number of hydrogen-bond acceptors (Lipinski definition) is 2. The lowest BCUT2D eigenvalue weighted by Crippen LogP contribution is -2.12. The molecule has 0 amide bonds. The molecule has 20 heavy (non-hydrogen) atoms. The Morgan fingerprint density at radius 1 is 1.45 bits per heavy atom. The van der Waals surface area contributed by atoms with Crippen molar-refractivity contribution < 1.29 is 14.6 Å². The Balaban J connectivity index is 2.46. The Kier molecular flexibility index (Phi) is 3.89. The van der Waals surface area contributed by atoms with Crippen LogP contribution in [0.4, 0.5) is 0 Å². The predicted octanol–water partition coefficient (Wildman–Crippen LogP) is 3.88. The maximum Gasteiger partial charge on any atom is 0.304 e. The molecule has 0 aliphatic carbocycles. The van der Waals surface area contributed by atoms with Crippen LogP contribution in [0.3, 0.4) is 0 Å². The molecule has 108 valence electrons. The molecule has 1 aliphatic rings. The summed E-state index contributed by atoms with van der Waals surface area (Å²) < 4.78 is 5.81. The molecule has 1 aliphatic heterocycles. The first kappa shape index (κ1) is 14.6. The van der Waals surface area contributed by atoms with Gasteiger partial charge in [0.2, 0.25) is 0 Å². The van der Waals surface area contributed by atoms with E-state index in [0.717, 1.165) is 16.9 Å². The Bertz CT molecular complexity index is 538. The Morgan fingerprint density at radius 2 is 2.15 bits per heavy atom. The summed E-state index contributed by atoms with van der Waals surface area (Å²) in [6.45, 7) is 11.1. The van der Waals surface area contributed by atoms with Gasteiger partial charge in [-0.05, 0) is 17.0 Å². The highest BCUT2D eigenvalue weighted by atomic mass is 16.5. The molecule has 0 bridgehead atoms. The molecule has 1 unspecified atom stereocenters. The van der Waals surface area contributed by atoms with Crippen molar-refractivity contribution >= 4 is 5.97 Å². The van der Waals surface area contributed by atoms with Gasteiger partial charge in [-0.25, -0.2) is 0 Å². The first-order valence-corrected chi connectivity index (χ1v) is 6.95. The largest absolute Gasteiger partial charge is 0.493 e. The zero-order valence-corrected chi connectivity index (χ0v) is 12.4. The van der Waals surface area contributed by atoms with Gasteiger partial charge in [-0.3, -0.25) is 4.79 Å². The van der Waals surface area contributed by atoms with Crippen molar-refractivity contribution in [2.45, 2.75) is 44.9 Å². The van der Waals surface area contributed by atoms with E-state index >= 15 is 0 Å². The Hall–Kier alpha value is -1.77. The van der Waals surface area contributed by atoms with Crippen molar-refractivity contribution in [2.75, 3.05) is 6.61 Å². The van der Waals surface area contributed by atoms with Crippen LogP contribution in [0.25, 0.3) is 0 Å². The van der Waals surface area contributed by atoms with Crippen molar-refractivity contribution in [3.63, 3.8) is 0 Å². The van der Waals surface area contributed by atoms with Crippen LogP contribution in [-0.2, 0) is 10.2 Å². The van der Waals surface area contributed by atoms with E-state index in [1.54, 1.807) is 0 Å². The van der Waals surface area contributed by atoms with E-state index in [1.807, 2.05) is 12.1 Å². The Labute approximate surface area is 120 Å². The van der Waals surface area contributed by atoms with Crippen LogP contribution in [0, 0.1) is 0 Å². The summed E-state index contributed by atoms with van der Waals surface area (Å²) in [4.78, 5) is 11.1. The molecule has 1 N–H and O–H groups in total. The van der Waals surface area contributed by atoms with Crippen molar-refractivity contribution in [3.05, 3.63) is 41.5 Å². The number of aliphatic carboxylic acids is 1. The predicted molar refractivity (Wildman–Crippen MR) is 79.4 cm³/mol. The highest BCUT2D eigenvalue weighted by Gasteiger charge is 2.26. The molecule has 0 radical (unpaired) electrons. The summed E-state index contributed by atoms with van der Waals surface area (Å²) in [5, 5.41) is 9.10. The van der Waals surface area contributed by atoms with Gasteiger partial charge in [0.1, 0.15) is 5.75 Å². The maximum atomic E-state index is 11.1. The standard InChI is InChI=1S/C17H22O3/c1-11-7-8-20-15-9-12(17(2,3)4)5-6-13(15)14(11)10-16(18)19/h5-6,9,14H,1,7-8,10H2,2-4H3,(H,18,19). The lowest BCUT2D eigenvalue weighted by atomic mass is 9.83. The first-order valence-electron chi connectivity index (χ1n) is 6.95. The van der Waals surface area contributed by atoms with Gasteiger partial charge in [-0.2, -0.15) is 0 Å². The third-order valence-corrected chi connectivity index (χ3v) is 3.81. The van der Waals surface area contributed by atoms with E-state index in [0.29, 0.717) is 13.0 Å². The fourth-order valence-electron chi connectivity index (χ4n) is 2.53. The van der Waals surface area contributed by atoms with Gasteiger partial charge in [0.15, 0.2) is 0 Å². The lowest BCUT2D eigenvalue weighted by molar-refractivity contribution is -0.137. The van der Waals surface area contributed by atoms with Crippen molar-refractivity contribution in [1.29, 1.82) is 0 Å². The van der Waals surface area contributed by atoms with Gasteiger partial charge < -0.3 is 9.84 Å². The highest BCUT2D eigenvalue weighted by Crippen LogP contribution is 2.40. The van der Waals surface area contributed by atoms with E-state index < -0.39 is 5.97 Å². The molecule has 1 heterocycles. The van der Waals surface area contributed by atoms with Crippen LogP contribution >= 0.6 is 0 Å². The number of carbonyl (C=O) groups is 1. The molecule has 2 rings (SSSR count). The molecule has 1 aromatic carbocycles. The van der Waals surface area contributed by atoms with Crippen LogP contribution in [0.1, 0.15) is 50.7 Å². The third kappa shape index (κ3) is 3.03. The molecule has 3 heteroatoms. The minimum Gasteiger partial charge on any atom is -0.493 e. The van der Waals surface area contributed by atoms with Gasteiger partial charge in [0, 0.05) is 17.9 Å². The van der Waals surface area contributed by atoms with Crippen molar-refractivity contribution in [1.82, 2.24) is 0 Å². The molecule has 3 nitrogen and oxygen atoms in total. The van der Waals surface area contributed by atoms with Crippen LogP contribution in [0.15, 0.2) is 30.4 Å². The molecule has 0 saturated carbocycles. The van der Waals surface area contributed by atoms with E-state index in [-0.39, 0.29) is 17.8 Å². The number of benzene rings is 1. The minimum absolute atomic E-state index is 0.0456. The quantitative estimate of drug-likeness (QED) is 0.832. The second kappa shape index (κ2) is 5.31. The van der Waals surface area contributed by atoms with Crippen LogP contribution in [-0.4, -0.2) is 17.7 Å². The van der Waals surface area contributed by atoms with Gasteiger partial charge in [-0.15, -0.1) is 0 Å². The summed E-state index contributed by atoms with van der Waals surface area (Å²) in [5.41, 5.74) is 3.12. The van der Waals surface area contributed by atoms with Crippen molar-refractivity contribution in [2.24, 2.45) is 0 Å². The monoisotopic (exact) mass is 274 g/mol. The number of hydrogen-bond donors (Lipinski definition) is 1. The molecule has 0 aromatic heterocycles. The smallest absolute Gasteiger partial charge is 0.304 e. The fraction of sp³-hybridized carbons (Fsp3) is 0.471. The van der Waals surface area contributed by atoms with Gasteiger partial charge in [-0.1, -0.05) is 45.1 Å². The normalized spacial score (nSPS) is 18.9. The van der Waals surface area contributed by atoms with E-state index in [9.17, 15) is 4.79 Å². The summed E-state index contributed by atoms with van der Waals surface area (Å²) in [6, 6.07) is 6.11. The summed E-state index contributed by atoms with van der Waals surface area (Å²) in [5.74, 6) is -0.148. The maximum absolute atomic E-state index is 11.1.